The smallest absolute Gasteiger partial charge is 0.350 e. The fourth-order valence-electron chi connectivity index (χ4n) is 2.50. The summed E-state index contributed by atoms with van der Waals surface area (Å²) in [4.78, 5) is 41.0. The Morgan fingerprint density at radius 2 is 1.72 bits per heavy atom. The number of nitrogens with one attached hydrogen (secondary N) is 1. The molecule has 0 fully saturated rings. The molecule has 0 unspecified atom stereocenters. The first-order valence-corrected chi connectivity index (χ1v) is 9.48. The van der Waals surface area contributed by atoms with E-state index in [9.17, 15) is 14.4 Å². The summed E-state index contributed by atoms with van der Waals surface area (Å²) in [5.41, 5.74) is 1.88. The predicted octanol–water partition coefficient (Wildman–Crippen LogP) is 3.85. The van der Waals surface area contributed by atoms with Crippen molar-refractivity contribution in [3.8, 4) is 0 Å². The molecule has 2 aromatic carbocycles. The second-order valence-corrected chi connectivity index (χ2v) is 7.02. The molecule has 0 saturated carbocycles. The molecule has 7 nitrogen and oxygen atoms in total. The largest absolute Gasteiger partial charge is 0.465 e. The van der Waals surface area contributed by atoms with Gasteiger partial charge in [0.05, 0.1) is 18.4 Å². The number of anilines is 1. The zero-order chi connectivity index (χ0) is 20.8. The number of methoxy groups -OCH3 is 1. The number of carbonyl (C=O) groups excluding carboxylic acids is 3. The summed E-state index contributed by atoms with van der Waals surface area (Å²) in [5, 5.41) is 2.91. The van der Waals surface area contributed by atoms with E-state index in [0.29, 0.717) is 10.6 Å². The van der Waals surface area contributed by atoms with Gasteiger partial charge in [-0.25, -0.2) is 14.6 Å². The van der Waals surface area contributed by atoms with Gasteiger partial charge >= 0.3 is 11.9 Å². The second kappa shape index (κ2) is 9.11. The van der Waals surface area contributed by atoms with Crippen LogP contribution in [-0.4, -0.2) is 29.9 Å². The molecule has 0 aliphatic heterocycles. The van der Waals surface area contributed by atoms with E-state index >= 15 is 0 Å². The van der Waals surface area contributed by atoms with E-state index in [1.165, 1.54) is 13.2 Å². The van der Waals surface area contributed by atoms with Crippen LogP contribution in [0.25, 0.3) is 0 Å². The molecule has 8 heteroatoms. The predicted molar refractivity (Wildman–Crippen MR) is 108 cm³/mol. The Balaban J connectivity index is 1.67. The number of aromatic nitrogens is 1. The molecule has 0 spiro atoms. The molecule has 0 radical (unpaired) electrons. The molecule has 1 aromatic heterocycles. The average molecular weight is 410 g/mol. The Morgan fingerprint density at radius 1 is 1.00 bits per heavy atom. The van der Waals surface area contributed by atoms with Gasteiger partial charge in [0.25, 0.3) is 5.91 Å². The molecule has 3 aromatic rings. The molecule has 1 amide bonds. The topological polar surface area (TPSA) is 94.6 Å². The van der Waals surface area contributed by atoms with E-state index in [0.717, 1.165) is 16.9 Å². The Bertz CT molecular complexity index is 1050. The molecule has 0 saturated heterocycles. The van der Waals surface area contributed by atoms with Gasteiger partial charge in [0.1, 0.15) is 11.5 Å². The van der Waals surface area contributed by atoms with Gasteiger partial charge in [-0.1, -0.05) is 47.7 Å². The second-order valence-electron chi connectivity index (χ2n) is 6.02. The van der Waals surface area contributed by atoms with Crippen LogP contribution in [0.3, 0.4) is 0 Å². The maximum absolute atomic E-state index is 12.5. The van der Waals surface area contributed by atoms with Gasteiger partial charge in [0.15, 0.2) is 5.13 Å². The van der Waals surface area contributed by atoms with Crippen molar-refractivity contribution in [2.75, 3.05) is 12.4 Å². The summed E-state index contributed by atoms with van der Waals surface area (Å²) in [6.45, 7) is 1.82. The number of carbonyl (C=O) groups is 3. The number of nitrogens with zero attached hydrogens (tertiary/aromatic N) is 1. The lowest BCUT2D eigenvalue weighted by Crippen LogP contribution is -2.13. The number of ether oxygens (including phenoxy) is 2. The van der Waals surface area contributed by atoms with Crippen molar-refractivity contribution in [2.45, 2.75) is 13.5 Å². The van der Waals surface area contributed by atoms with Crippen molar-refractivity contribution in [1.29, 1.82) is 0 Å². The highest BCUT2D eigenvalue weighted by molar-refractivity contribution is 7.17. The number of hydrogen-bond donors (Lipinski definition) is 1. The summed E-state index contributed by atoms with van der Waals surface area (Å²) in [6.07, 6.45) is 0. The normalized spacial score (nSPS) is 10.3. The lowest BCUT2D eigenvalue weighted by Gasteiger charge is -2.04. The first kappa shape index (κ1) is 20.2. The molecular weight excluding hydrogens is 392 g/mol. The third-order valence-electron chi connectivity index (χ3n) is 3.96. The number of amides is 1. The SMILES string of the molecule is COC(=O)c1cccc(C(=O)Nc2nc(C)c(C(=O)OCc3ccccc3)s2)c1. The average Bonchev–Trinajstić information content (AvgIpc) is 3.12. The Kier molecular flexibility index (Phi) is 6.36. The molecule has 3 rings (SSSR count). The van der Waals surface area contributed by atoms with Crippen molar-refractivity contribution in [3.05, 3.63) is 81.9 Å². The summed E-state index contributed by atoms with van der Waals surface area (Å²) < 4.78 is 9.98. The van der Waals surface area contributed by atoms with Crippen molar-refractivity contribution in [1.82, 2.24) is 4.98 Å². The molecule has 1 heterocycles. The number of aryl methyl sites for hydroxylation is 1. The van der Waals surface area contributed by atoms with E-state index in [4.69, 9.17) is 4.74 Å². The molecule has 1 N–H and O–H groups in total. The van der Waals surface area contributed by atoms with E-state index in [1.807, 2.05) is 30.3 Å². The van der Waals surface area contributed by atoms with Crippen LogP contribution in [0.1, 0.15) is 41.6 Å². The van der Waals surface area contributed by atoms with Crippen LogP contribution in [0.4, 0.5) is 5.13 Å². The standard InChI is InChI=1S/C21H18N2O5S/c1-13-17(20(26)28-12-14-7-4-3-5-8-14)29-21(22-13)23-18(24)15-9-6-10-16(11-15)19(25)27-2/h3-11H,12H2,1-2H3,(H,22,23,24). The molecule has 0 aliphatic rings. The molecule has 0 atom stereocenters. The van der Waals surface area contributed by atoms with Gasteiger partial charge in [-0.2, -0.15) is 0 Å². The van der Waals surface area contributed by atoms with Crippen LogP contribution in [-0.2, 0) is 16.1 Å². The summed E-state index contributed by atoms with van der Waals surface area (Å²) in [7, 11) is 1.27. The van der Waals surface area contributed by atoms with Crippen molar-refractivity contribution < 1.29 is 23.9 Å². The van der Waals surface area contributed by atoms with Gasteiger partial charge in [-0.3, -0.25) is 10.1 Å². The zero-order valence-electron chi connectivity index (χ0n) is 15.8. The first-order chi connectivity index (χ1) is 14.0. The molecule has 29 heavy (non-hydrogen) atoms. The number of rotatable bonds is 6. The van der Waals surface area contributed by atoms with Crippen LogP contribution in [0.5, 0.6) is 0 Å². The van der Waals surface area contributed by atoms with E-state index in [-0.39, 0.29) is 22.9 Å². The van der Waals surface area contributed by atoms with Gasteiger partial charge in [-0.05, 0) is 30.7 Å². The van der Waals surface area contributed by atoms with Gasteiger partial charge in [0, 0.05) is 5.56 Å². The number of benzene rings is 2. The third kappa shape index (κ3) is 5.05. The minimum Gasteiger partial charge on any atom is -0.465 e. The maximum atomic E-state index is 12.5. The Morgan fingerprint density at radius 3 is 2.45 bits per heavy atom. The zero-order valence-corrected chi connectivity index (χ0v) is 16.6. The number of esters is 2. The van der Waals surface area contributed by atoms with Gasteiger partial charge in [-0.15, -0.1) is 0 Å². The monoisotopic (exact) mass is 410 g/mol. The van der Waals surface area contributed by atoms with Gasteiger partial charge < -0.3 is 9.47 Å². The van der Waals surface area contributed by atoms with Crippen LogP contribution >= 0.6 is 11.3 Å². The van der Waals surface area contributed by atoms with E-state index in [1.54, 1.807) is 25.1 Å². The van der Waals surface area contributed by atoms with E-state index < -0.39 is 17.8 Å². The van der Waals surface area contributed by atoms with Gasteiger partial charge in [0.2, 0.25) is 0 Å². The molecule has 0 bridgehead atoms. The summed E-state index contributed by atoms with van der Waals surface area (Å²) in [6, 6.07) is 15.5. The minimum atomic E-state index is -0.534. The maximum Gasteiger partial charge on any atom is 0.350 e. The molecule has 0 aliphatic carbocycles. The first-order valence-electron chi connectivity index (χ1n) is 8.66. The van der Waals surface area contributed by atoms with Crippen molar-refractivity contribution in [2.24, 2.45) is 0 Å². The quantitative estimate of drug-likeness (QED) is 0.621. The van der Waals surface area contributed by atoms with E-state index in [2.05, 4.69) is 15.0 Å². The number of thiazole rings is 1. The molecular formula is C21H18N2O5S. The van der Waals surface area contributed by atoms with Crippen LogP contribution in [0, 0.1) is 6.92 Å². The highest BCUT2D eigenvalue weighted by Crippen LogP contribution is 2.24. The lowest BCUT2D eigenvalue weighted by molar-refractivity contribution is 0.0476. The van der Waals surface area contributed by atoms with Crippen LogP contribution in [0.2, 0.25) is 0 Å². The van der Waals surface area contributed by atoms with Crippen molar-refractivity contribution in [3.63, 3.8) is 0 Å². The fraction of sp³-hybridized carbons (Fsp3) is 0.143. The highest BCUT2D eigenvalue weighted by Gasteiger charge is 2.19. The minimum absolute atomic E-state index is 0.152. The van der Waals surface area contributed by atoms with Crippen LogP contribution in [0.15, 0.2) is 54.6 Å². The van der Waals surface area contributed by atoms with Crippen LogP contribution < -0.4 is 5.32 Å². The summed E-state index contributed by atoms with van der Waals surface area (Å²) >= 11 is 1.03. The fourth-order valence-corrected chi connectivity index (χ4v) is 3.36. The third-order valence-corrected chi connectivity index (χ3v) is 5.01. The summed E-state index contributed by atoms with van der Waals surface area (Å²) in [5.74, 6) is -1.49. The Labute approximate surface area is 171 Å². The Hall–Kier alpha value is -3.52. The van der Waals surface area contributed by atoms with Crippen molar-refractivity contribution >= 4 is 34.3 Å². The highest BCUT2D eigenvalue weighted by atomic mass is 32.1. The molecule has 148 valence electrons. The lowest BCUT2D eigenvalue weighted by atomic mass is 10.1. The number of hydrogen-bond acceptors (Lipinski definition) is 7.